The van der Waals surface area contributed by atoms with E-state index < -0.39 is 6.10 Å². The average Bonchev–Trinajstić information content (AvgIpc) is 2.66. The summed E-state index contributed by atoms with van der Waals surface area (Å²) >= 11 is 0. The number of aliphatic hydroxyl groups is 1. The number of rotatable bonds is 4. The highest BCUT2D eigenvalue weighted by molar-refractivity contribution is 5.78. The molecule has 0 saturated carbocycles. The van der Waals surface area contributed by atoms with Crippen molar-refractivity contribution in [3.05, 3.63) is 65.9 Å². The smallest absolute Gasteiger partial charge is 0.130 e. The Bertz CT molecular complexity index is 922. The molecule has 3 aromatic rings. The summed E-state index contributed by atoms with van der Waals surface area (Å²) in [6.45, 7) is 5.14. The van der Waals surface area contributed by atoms with Gasteiger partial charge in [0.25, 0.3) is 0 Å². The fraction of sp³-hybridized carbons (Fsp3) is 0.318. The summed E-state index contributed by atoms with van der Waals surface area (Å²) < 4.78 is 11.7. The van der Waals surface area contributed by atoms with Crippen molar-refractivity contribution < 1.29 is 14.6 Å². The van der Waals surface area contributed by atoms with Crippen LogP contribution < -0.4 is 9.47 Å². The van der Waals surface area contributed by atoms with Gasteiger partial charge in [-0.3, -0.25) is 0 Å². The SMILES string of the molecule is CC(C)[C@H]1COc2ccc(OCc3ccc4ccccc4n3)cc2[C@@H]1O. The van der Waals surface area contributed by atoms with Crippen LogP contribution in [0.2, 0.25) is 0 Å². The van der Waals surface area contributed by atoms with Crippen LogP contribution in [0.4, 0.5) is 0 Å². The van der Waals surface area contributed by atoms with Crippen molar-refractivity contribution in [1.82, 2.24) is 4.98 Å². The Kier molecular flexibility index (Phi) is 4.51. The second-order valence-corrected chi connectivity index (χ2v) is 7.15. The van der Waals surface area contributed by atoms with Crippen molar-refractivity contribution in [3.63, 3.8) is 0 Å². The van der Waals surface area contributed by atoms with Crippen molar-refractivity contribution in [2.45, 2.75) is 26.6 Å². The maximum Gasteiger partial charge on any atom is 0.130 e. The van der Waals surface area contributed by atoms with E-state index in [1.807, 2.05) is 48.5 Å². The van der Waals surface area contributed by atoms with Crippen LogP contribution in [0.25, 0.3) is 10.9 Å². The van der Waals surface area contributed by atoms with Gasteiger partial charge in [-0.25, -0.2) is 4.98 Å². The first-order valence-electron chi connectivity index (χ1n) is 9.04. The fourth-order valence-electron chi connectivity index (χ4n) is 3.39. The van der Waals surface area contributed by atoms with Gasteiger partial charge in [-0.15, -0.1) is 0 Å². The van der Waals surface area contributed by atoms with E-state index in [1.165, 1.54) is 0 Å². The van der Waals surface area contributed by atoms with Gasteiger partial charge in [-0.1, -0.05) is 38.1 Å². The monoisotopic (exact) mass is 349 g/mol. The zero-order chi connectivity index (χ0) is 18.1. The molecule has 0 bridgehead atoms. The van der Waals surface area contributed by atoms with Crippen LogP contribution in [0.3, 0.4) is 0 Å². The van der Waals surface area contributed by atoms with Crippen LogP contribution in [0, 0.1) is 11.8 Å². The van der Waals surface area contributed by atoms with Crippen molar-refractivity contribution in [2.75, 3.05) is 6.61 Å². The van der Waals surface area contributed by atoms with Gasteiger partial charge in [-0.05, 0) is 36.2 Å². The first kappa shape index (κ1) is 16.9. The number of hydrogen-bond donors (Lipinski definition) is 1. The number of fused-ring (bicyclic) bond motifs is 2. The Morgan fingerprint density at radius 2 is 2.00 bits per heavy atom. The van der Waals surface area contributed by atoms with Gasteiger partial charge in [0.2, 0.25) is 0 Å². The summed E-state index contributed by atoms with van der Waals surface area (Å²) in [5.74, 6) is 1.90. The highest BCUT2D eigenvalue weighted by atomic mass is 16.5. The summed E-state index contributed by atoms with van der Waals surface area (Å²) in [4.78, 5) is 4.63. The molecular weight excluding hydrogens is 326 g/mol. The molecule has 0 radical (unpaired) electrons. The molecule has 0 fully saturated rings. The number of hydrogen-bond acceptors (Lipinski definition) is 4. The molecule has 2 aromatic carbocycles. The third kappa shape index (κ3) is 3.25. The number of ether oxygens (including phenoxy) is 2. The zero-order valence-electron chi connectivity index (χ0n) is 15.1. The molecule has 1 N–H and O–H groups in total. The third-order valence-corrected chi connectivity index (χ3v) is 5.04. The van der Waals surface area contributed by atoms with Crippen LogP contribution in [0.1, 0.15) is 31.2 Å². The van der Waals surface area contributed by atoms with E-state index in [0.717, 1.165) is 27.9 Å². The number of para-hydroxylation sites is 1. The number of pyridine rings is 1. The number of benzene rings is 2. The summed E-state index contributed by atoms with van der Waals surface area (Å²) in [5, 5.41) is 11.8. The van der Waals surface area contributed by atoms with Crippen molar-refractivity contribution >= 4 is 10.9 Å². The van der Waals surface area contributed by atoms with Crippen LogP contribution in [-0.4, -0.2) is 16.7 Å². The molecule has 0 saturated heterocycles. The largest absolute Gasteiger partial charge is 0.493 e. The first-order valence-corrected chi connectivity index (χ1v) is 9.04. The minimum absolute atomic E-state index is 0.0971. The second-order valence-electron chi connectivity index (χ2n) is 7.15. The van der Waals surface area contributed by atoms with Crippen LogP contribution >= 0.6 is 0 Å². The van der Waals surface area contributed by atoms with E-state index in [4.69, 9.17) is 9.47 Å². The van der Waals surface area contributed by atoms with E-state index >= 15 is 0 Å². The summed E-state index contributed by atoms with van der Waals surface area (Å²) in [7, 11) is 0. The maximum atomic E-state index is 10.7. The minimum atomic E-state index is -0.527. The van der Waals surface area contributed by atoms with Crippen molar-refractivity contribution in [3.8, 4) is 11.5 Å². The van der Waals surface area contributed by atoms with Gasteiger partial charge >= 0.3 is 0 Å². The maximum absolute atomic E-state index is 10.7. The Balaban J connectivity index is 1.52. The van der Waals surface area contributed by atoms with E-state index in [2.05, 4.69) is 24.9 Å². The van der Waals surface area contributed by atoms with Gasteiger partial charge in [0, 0.05) is 16.9 Å². The third-order valence-electron chi connectivity index (χ3n) is 5.04. The molecule has 1 aliphatic rings. The molecule has 26 heavy (non-hydrogen) atoms. The summed E-state index contributed by atoms with van der Waals surface area (Å²) in [6, 6.07) is 17.7. The molecular formula is C22H23NO3. The highest BCUT2D eigenvalue weighted by Crippen LogP contribution is 2.40. The highest BCUT2D eigenvalue weighted by Gasteiger charge is 2.31. The first-order chi connectivity index (χ1) is 12.6. The second kappa shape index (κ2) is 6.96. The molecule has 4 heteroatoms. The van der Waals surface area contributed by atoms with Gasteiger partial charge in [0.1, 0.15) is 18.1 Å². The molecule has 1 aliphatic heterocycles. The normalized spacial score (nSPS) is 19.2. The molecule has 4 nitrogen and oxygen atoms in total. The Morgan fingerprint density at radius 1 is 1.15 bits per heavy atom. The lowest BCUT2D eigenvalue weighted by Gasteiger charge is -2.32. The van der Waals surface area contributed by atoms with Gasteiger partial charge in [0.05, 0.1) is 23.9 Å². The van der Waals surface area contributed by atoms with Gasteiger partial charge in [0.15, 0.2) is 0 Å². The quantitative estimate of drug-likeness (QED) is 0.753. The average molecular weight is 349 g/mol. The molecule has 0 unspecified atom stereocenters. The molecule has 4 rings (SSSR count). The molecule has 134 valence electrons. The lowest BCUT2D eigenvalue weighted by Crippen LogP contribution is -2.29. The standard InChI is InChI=1S/C22H23NO3/c1-14(2)19-13-26-21-10-9-17(11-18(21)22(19)24)25-12-16-8-7-15-5-3-4-6-20(15)23-16/h3-11,14,19,22,24H,12-13H2,1-2H3/t19-,22+/m1/s1. The number of nitrogens with zero attached hydrogens (tertiary/aromatic N) is 1. The Labute approximate surface area is 153 Å². The predicted octanol–water partition coefficient (Wildman–Crippen LogP) is 4.51. The lowest BCUT2D eigenvalue weighted by molar-refractivity contribution is 0.0260. The van der Waals surface area contributed by atoms with E-state index in [9.17, 15) is 5.11 Å². The molecule has 2 atom stereocenters. The van der Waals surface area contributed by atoms with Crippen molar-refractivity contribution in [2.24, 2.45) is 11.8 Å². The summed E-state index contributed by atoms with van der Waals surface area (Å²) in [5.41, 5.74) is 2.64. The predicted molar refractivity (Wildman–Crippen MR) is 101 cm³/mol. The number of aliphatic hydroxyl groups excluding tert-OH is 1. The zero-order valence-corrected chi connectivity index (χ0v) is 15.1. The number of aromatic nitrogens is 1. The van der Waals surface area contributed by atoms with Crippen LogP contribution in [-0.2, 0) is 6.61 Å². The summed E-state index contributed by atoms with van der Waals surface area (Å²) in [6.07, 6.45) is -0.527. The Hall–Kier alpha value is -2.59. The molecule has 0 aliphatic carbocycles. The van der Waals surface area contributed by atoms with Gasteiger partial charge < -0.3 is 14.6 Å². The van der Waals surface area contributed by atoms with Gasteiger partial charge in [-0.2, -0.15) is 0 Å². The van der Waals surface area contributed by atoms with E-state index in [1.54, 1.807) is 0 Å². The molecule has 0 amide bonds. The molecule has 0 spiro atoms. The van der Waals surface area contributed by atoms with Crippen LogP contribution in [0.5, 0.6) is 11.5 Å². The fourth-order valence-corrected chi connectivity index (χ4v) is 3.39. The topological polar surface area (TPSA) is 51.6 Å². The minimum Gasteiger partial charge on any atom is -0.493 e. The van der Waals surface area contributed by atoms with E-state index in [0.29, 0.717) is 24.9 Å². The van der Waals surface area contributed by atoms with Crippen molar-refractivity contribution in [1.29, 1.82) is 0 Å². The van der Waals surface area contributed by atoms with E-state index in [-0.39, 0.29) is 5.92 Å². The van der Waals surface area contributed by atoms with Crippen LogP contribution in [0.15, 0.2) is 54.6 Å². The molecule has 2 heterocycles. The Morgan fingerprint density at radius 3 is 2.85 bits per heavy atom. The molecule has 1 aromatic heterocycles. The lowest BCUT2D eigenvalue weighted by atomic mass is 9.85.